The summed E-state index contributed by atoms with van der Waals surface area (Å²) < 4.78 is 0.950. The average molecular weight is 270 g/mol. The van der Waals surface area contributed by atoms with Gasteiger partial charge in [0.15, 0.2) is 5.78 Å². The number of hydrogen-bond acceptors (Lipinski definition) is 2. The lowest BCUT2D eigenvalue weighted by Crippen LogP contribution is -2.26. The van der Waals surface area contributed by atoms with E-state index in [0.717, 1.165) is 23.0 Å². The number of Topliss-reactive ketones (excluding diaryl/α,β-unsaturated/α-hetero) is 1. The van der Waals surface area contributed by atoms with Gasteiger partial charge in [-0.1, -0.05) is 35.0 Å². The predicted octanol–water partition coefficient (Wildman–Crippen LogP) is 2.97. The number of halogens is 1. The van der Waals surface area contributed by atoms with Crippen molar-refractivity contribution in [1.29, 1.82) is 0 Å². The standard InChI is InChI=1S/C12H16BrNO/c1-3-7-14(2)9-12(15)10-5-4-6-11(13)8-10/h4-6,8H,3,7,9H2,1-2H3. The summed E-state index contributed by atoms with van der Waals surface area (Å²) in [4.78, 5) is 13.9. The lowest BCUT2D eigenvalue weighted by molar-refractivity contribution is 0.0946. The molecule has 0 radical (unpaired) electrons. The van der Waals surface area contributed by atoms with E-state index in [1.165, 1.54) is 0 Å². The van der Waals surface area contributed by atoms with E-state index in [2.05, 4.69) is 22.9 Å². The van der Waals surface area contributed by atoms with Crippen LogP contribution in [0.2, 0.25) is 0 Å². The van der Waals surface area contributed by atoms with Crippen LogP contribution in [0.15, 0.2) is 28.7 Å². The molecule has 0 aliphatic carbocycles. The van der Waals surface area contributed by atoms with Gasteiger partial charge in [0.2, 0.25) is 0 Å². The van der Waals surface area contributed by atoms with E-state index < -0.39 is 0 Å². The molecule has 0 aliphatic rings. The lowest BCUT2D eigenvalue weighted by Gasteiger charge is -2.14. The van der Waals surface area contributed by atoms with Crippen LogP contribution >= 0.6 is 15.9 Å². The van der Waals surface area contributed by atoms with Crippen LogP contribution in [-0.2, 0) is 0 Å². The molecule has 0 aliphatic heterocycles. The smallest absolute Gasteiger partial charge is 0.176 e. The van der Waals surface area contributed by atoms with Gasteiger partial charge in [0.1, 0.15) is 0 Å². The third-order valence-corrected chi connectivity index (χ3v) is 2.66. The van der Waals surface area contributed by atoms with E-state index in [4.69, 9.17) is 0 Å². The van der Waals surface area contributed by atoms with Crippen molar-refractivity contribution < 1.29 is 4.79 Å². The predicted molar refractivity (Wildman–Crippen MR) is 66.3 cm³/mol. The van der Waals surface area contributed by atoms with E-state index in [0.29, 0.717) is 6.54 Å². The summed E-state index contributed by atoms with van der Waals surface area (Å²) in [5.74, 6) is 0.173. The van der Waals surface area contributed by atoms with E-state index in [1.807, 2.05) is 36.2 Å². The first-order valence-electron chi connectivity index (χ1n) is 5.10. The Hall–Kier alpha value is -0.670. The Balaban J connectivity index is 2.61. The molecule has 1 aromatic rings. The van der Waals surface area contributed by atoms with E-state index in [-0.39, 0.29) is 5.78 Å². The van der Waals surface area contributed by atoms with Gasteiger partial charge in [-0.25, -0.2) is 0 Å². The SMILES string of the molecule is CCCN(C)CC(=O)c1cccc(Br)c1. The summed E-state index contributed by atoms with van der Waals surface area (Å²) in [6, 6.07) is 7.53. The number of carbonyl (C=O) groups excluding carboxylic acids is 1. The molecule has 0 saturated carbocycles. The van der Waals surface area contributed by atoms with Crippen LogP contribution in [0.4, 0.5) is 0 Å². The maximum atomic E-state index is 11.8. The van der Waals surface area contributed by atoms with Gasteiger partial charge in [0, 0.05) is 10.0 Å². The van der Waals surface area contributed by atoms with Crippen LogP contribution < -0.4 is 0 Å². The second kappa shape index (κ2) is 6.03. The number of ketones is 1. The molecule has 0 N–H and O–H groups in total. The maximum Gasteiger partial charge on any atom is 0.176 e. The Bertz CT molecular complexity index is 338. The molecular formula is C12H16BrNO. The molecule has 0 amide bonds. The van der Waals surface area contributed by atoms with Gasteiger partial charge in [-0.15, -0.1) is 0 Å². The van der Waals surface area contributed by atoms with Crippen molar-refractivity contribution in [3.63, 3.8) is 0 Å². The summed E-state index contributed by atoms with van der Waals surface area (Å²) in [7, 11) is 1.97. The molecule has 0 fully saturated rings. The summed E-state index contributed by atoms with van der Waals surface area (Å²) in [5.41, 5.74) is 0.771. The molecule has 0 atom stereocenters. The van der Waals surface area contributed by atoms with Crippen LogP contribution in [0.3, 0.4) is 0 Å². The second-order valence-electron chi connectivity index (χ2n) is 3.67. The molecule has 0 bridgehead atoms. The van der Waals surface area contributed by atoms with Gasteiger partial charge in [-0.05, 0) is 32.1 Å². The second-order valence-corrected chi connectivity index (χ2v) is 4.59. The largest absolute Gasteiger partial charge is 0.299 e. The first-order valence-corrected chi connectivity index (χ1v) is 5.90. The highest BCUT2D eigenvalue weighted by molar-refractivity contribution is 9.10. The first-order chi connectivity index (χ1) is 7.13. The molecule has 0 aromatic heterocycles. The highest BCUT2D eigenvalue weighted by Crippen LogP contribution is 2.12. The number of nitrogens with zero attached hydrogens (tertiary/aromatic N) is 1. The summed E-state index contributed by atoms with van der Waals surface area (Å²) >= 11 is 3.36. The number of rotatable bonds is 5. The van der Waals surface area contributed by atoms with Crippen LogP contribution in [0, 0.1) is 0 Å². The van der Waals surface area contributed by atoms with Crippen molar-refractivity contribution in [2.24, 2.45) is 0 Å². The van der Waals surface area contributed by atoms with Gasteiger partial charge < -0.3 is 0 Å². The first kappa shape index (κ1) is 12.4. The maximum absolute atomic E-state index is 11.8. The van der Waals surface area contributed by atoms with E-state index >= 15 is 0 Å². The van der Waals surface area contributed by atoms with Crippen molar-refractivity contribution in [3.8, 4) is 0 Å². The third-order valence-electron chi connectivity index (χ3n) is 2.17. The van der Waals surface area contributed by atoms with Gasteiger partial charge in [0.25, 0.3) is 0 Å². The van der Waals surface area contributed by atoms with Crippen molar-refractivity contribution in [1.82, 2.24) is 4.90 Å². The monoisotopic (exact) mass is 269 g/mol. The number of hydrogen-bond donors (Lipinski definition) is 0. The zero-order valence-corrected chi connectivity index (χ0v) is 10.8. The normalized spacial score (nSPS) is 10.7. The van der Waals surface area contributed by atoms with Crippen molar-refractivity contribution in [2.75, 3.05) is 20.1 Å². The van der Waals surface area contributed by atoms with Crippen LogP contribution in [0.25, 0.3) is 0 Å². The molecule has 0 saturated heterocycles. The topological polar surface area (TPSA) is 20.3 Å². The molecule has 1 rings (SSSR count). The Kier molecular flexibility index (Phi) is 4.99. The average Bonchev–Trinajstić information content (AvgIpc) is 2.18. The van der Waals surface area contributed by atoms with Gasteiger partial charge in [0.05, 0.1) is 6.54 Å². The Morgan fingerprint density at radius 1 is 1.47 bits per heavy atom. The zero-order valence-electron chi connectivity index (χ0n) is 9.16. The molecule has 2 nitrogen and oxygen atoms in total. The molecule has 0 spiro atoms. The van der Waals surface area contributed by atoms with E-state index in [1.54, 1.807) is 0 Å². The minimum absolute atomic E-state index is 0.173. The van der Waals surface area contributed by atoms with Crippen molar-refractivity contribution >= 4 is 21.7 Å². The quantitative estimate of drug-likeness (QED) is 0.767. The van der Waals surface area contributed by atoms with Crippen LogP contribution in [0.5, 0.6) is 0 Å². The third kappa shape index (κ3) is 4.14. The van der Waals surface area contributed by atoms with Crippen LogP contribution in [-0.4, -0.2) is 30.8 Å². The molecule has 3 heteroatoms. The fourth-order valence-electron chi connectivity index (χ4n) is 1.46. The molecule has 1 aromatic carbocycles. The van der Waals surface area contributed by atoms with Crippen molar-refractivity contribution in [2.45, 2.75) is 13.3 Å². The zero-order chi connectivity index (χ0) is 11.3. The van der Waals surface area contributed by atoms with Gasteiger partial charge in [-0.3, -0.25) is 9.69 Å². The van der Waals surface area contributed by atoms with Gasteiger partial charge in [-0.2, -0.15) is 0 Å². The Labute approximate surface area is 99.4 Å². The van der Waals surface area contributed by atoms with Crippen LogP contribution in [0.1, 0.15) is 23.7 Å². The molecular weight excluding hydrogens is 254 g/mol. The minimum Gasteiger partial charge on any atom is -0.299 e. The number of carbonyl (C=O) groups is 1. The highest BCUT2D eigenvalue weighted by Gasteiger charge is 2.08. The lowest BCUT2D eigenvalue weighted by atomic mass is 10.1. The fraction of sp³-hybridized carbons (Fsp3) is 0.417. The Morgan fingerprint density at radius 3 is 2.80 bits per heavy atom. The minimum atomic E-state index is 0.173. The van der Waals surface area contributed by atoms with Gasteiger partial charge >= 0.3 is 0 Å². The Morgan fingerprint density at radius 2 is 2.20 bits per heavy atom. The summed E-state index contributed by atoms with van der Waals surface area (Å²) in [6.45, 7) is 3.56. The molecule has 82 valence electrons. The number of benzene rings is 1. The van der Waals surface area contributed by atoms with E-state index in [9.17, 15) is 4.79 Å². The highest BCUT2D eigenvalue weighted by atomic mass is 79.9. The number of likely N-dealkylation sites (N-methyl/N-ethyl adjacent to an activating group) is 1. The summed E-state index contributed by atoms with van der Waals surface area (Å²) in [5, 5.41) is 0. The molecule has 0 heterocycles. The van der Waals surface area contributed by atoms with Crippen molar-refractivity contribution in [3.05, 3.63) is 34.3 Å². The molecule has 15 heavy (non-hydrogen) atoms. The fourth-order valence-corrected chi connectivity index (χ4v) is 1.86. The molecule has 0 unspecified atom stereocenters. The summed E-state index contributed by atoms with van der Waals surface area (Å²) in [6.07, 6.45) is 1.07.